The van der Waals surface area contributed by atoms with Crippen LogP contribution in [0.3, 0.4) is 0 Å². The van der Waals surface area contributed by atoms with E-state index in [1.807, 2.05) is 40.7 Å². The largest absolute Gasteiger partial charge is 0.306 e. The number of benzene rings is 2. The van der Waals surface area contributed by atoms with Gasteiger partial charge in [0.25, 0.3) is 5.91 Å². The lowest BCUT2D eigenvalue weighted by Crippen LogP contribution is -2.37. The van der Waals surface area contributed by atoms with Gasteiger partial charge >= 0.3 is 0 Å². The second kappa shape index (κ2) is 11.4. The second-order valence-corrected chi connectivity index (χ2v) is 15.0. The van der Waals surface area contributed by atoms with E-state index in [0.29, 0.717) is 29.6 Å². The Labute approximate surface area is 241 Å². The number of sulfonamides is 1. The third-order valence-corrected chi connectivity index (χ3v) is 9.23. The first kappa shape index (κ1) is 29.9. The van der Waals surface area contributed by atoms with Crippen LogP contribution in [-0.4, -0.2) is 46.5 Å². The highest BCUT2D eigenvalue weighted by Crippen LogP contribution is 2.32. The molecule has 4 rings (SSSR count). The molecule has 2 aromatic heterocycles. The Morgan fingerprint density at radius 2 is 1.62 bits per heavy atom. The molecule has 0 aliphatic rings. The molecular formula is C30H39N5O3S2. The fourth-order valence-corrected chi connectivity index (χ4v) is 7.14. The summed E-state index contributed by atoms with van der Waals surface area (Å²) in [7, 11) is -3.68. The number of nitrogens with one attached hydrogen (secondary N) is 1. The number of fused-ring (bicyclic) bond motifs is 1. The summed E-state index contributed by atoms with van der Waals surface area (Å²) in [5.41, 5.74) is 3.21. The maximum Gasteiger partial charge on any atom is 0.256 e. The third kappa shape index (κ3) is 6.62. The number of anilines is 1. The van der Waals surface area contributed by atoms with Gasteiger partial charge in [-0.3, -0.25) is 4.79 Å². The SMILES string of the molecule is Cc1cc(NC(=O)c2ccc(S(=O)(=O)N(CC(C)C)CC(C)C)cc2)n(-c2nc3ccc(C(C)(C)C)cc3s2)n1. The first-order valence-electron chi connectivity index (χ1n) is 13.5. The van der Waals surface area contributed by atoms with Crippen molar-refractivity contribution in [2.24, 2.45) is 11.8 Å². The number of hydrogen-bond donors (Lipinski definition) is 1. The van der Waals surface area contributed by atoms with Crippen molar-refractivity contribution in [1.29, 1.82) is 0 Å². The minimum Gasteiger partial charge on any atom is -0.306 e. The average Bonchev–Trinajstić information content (AvgIpc) is 3.44. The molecule has 0 saturated carbocycles. The van der Waals surface area contributed by atoms with Crippen molar-refractivity contribution in [2.45, 2.75) is 65.7 Å². The number of aromatic nitrogens is 3. The average molecular weight is 582 g/mol. The topological polar surface area (TPSA) is 97.2 Å². The van der Waals surface area contributed by atoms with E-state index in [-0.39, 0.29) is 28.1 Å². The third-order valence-electron chi connectivity index (χ3n) is 6.39. The molecule has 1 amide bonds. The Balaban J connectivity index is 1.57. The smallest absolute Gasteiger partial charge is 0.256 e. The van der Waals surface area contributed by atoms with Crippen molar-refractivity contribution in [1.82, 2.24) is 19.1 Å². The summed E-state index contributed by atoms with van der Waals surface area (Å²) in [4.78, 5) is 18.1. The first-order chi connectivity index (χ1) is 18.6. The van der Waals surface area contributed by atoms with Crippen LogP contribution in [0.2, 0.25) is 0 Å². The number of thiazole rings is 1. The van der Waals surface area contributed by atoms with E-state index in [0.717, 1.165) is 15.9 Å². The number of hydrogen-bond acceptors (Lipinski definition) is 6. The highest BCUT2D eigenvalue weighted by molar-refractivity contribution is 7.89. The molecule has 8 nitrogen and oxygen atoms in total. The van der Waals surface area contributed by atoms with Gasteiger partial charge in [-0.1, -0.05) is 65.9 Å². The van der Waals surface area contributed by atoms with Gasteiger partial charge in [-0.25, -0.2) is 13.4 Å². The molecule has 0 unspecified atom stereocenters. The summed E-state index contributed by atoms with van der Waals surface area (Å²) in [5, 5.41) is 8.15. The van der Waals surface area contributed by atoms with Crippen molar-refractivity contribution in [3.05, 3.63) is 65.4 Å². The Bertz CT molecular complexity index is 1600. The van der Waals surface area contributed by atoms with Crippen LogP contribution in [0.4, 0.5) is 5.82 Å². The molecule has 0 saturated heterocycles. The highest BCUT2D eigenvalue weighted by Gasteiger charge is 2.26. The van der Waals surface area contributed by atoms with Gasteiger partial charge < -0.3 is 5.32 Å². The summed E-state index contributed by atoms with van der Waals surface area (Å²) < 4.78 is 30.9. The van der Waals surface area contributed by atoms with Crippen LogP contribution in [-0.2, 0) is 15.4 Å². The standard InChI is InChI=1S/C30H39N5O3S2/c1-19(2)17-34(18-20(3)4)40(37,38)24-12-9-22(10-13-24)28(36)32-27-15-21(5)33-35(27)29-31-25-14-11-23(30(6,7)8)16-26(25)39-29/h9-16,19-20H,17-18H2,1-8H3,(H,32,36). The van der Waals surface area contributed by atoms with E-state index in [1.54, 1.807) is 22.9 Å². The fourth-order valence-electron chi connectivity index (χ4n) is 4.41. The Morgan fingerprint density at radius 3 is 2.20 bits per heavy atom. The highest BCUT2D eigenvalue weighted by atomic mass is 32.2. The van der Waals surface area contributed by atoms with Crippen LogP contribution in [0.5, 0.6) is 0 Å². The minimum absolute atomic E-state index is 0.0236. The maximum absolute atomic E-state index is 13.3. The van der Waals surface area contributed by atoms with Gasteiger partial charge in [-0.2, -0.15) is 14.1 Å². The molecule has 2 aromatic carbocycles. The Morgan fingerprint density at radius 1 is 1.00 bits per heavy atom. The lowest BCUT2D eigenvalue weighted by atomic mass is 9.87. The molecule has 4 aromatic rings. The van der Waals surface area contributed by atoms with Crippen molar-refractivity contribution >= 4 is 43.3 Å². The van der Waals surface area contributed by atoms with Gasteiger partial charge in [0.1, 0.15) is 5.82 Å². The zero-order valence-electron chi connectivity index (χ0n) is 24.5. The summed E-state index contributed by atoms with van der Waals surface area (Å²) >= 11 is 1.51. The first-order valence-corrected chi connectivity index (χ1v) is 15.8. The van der Waals surface area contributed by atoms with Gasteiger partial charge in [0.05, 0.1) is 20.8 Å². The normalized spacial score (nSPS) is 12.7. The molecule has 40 heavy (non-hydrogen) atoms. The fraction of sp³-hybridized carbons (Fsp3) is 0.433. The van der Waals surface area contributed by atoms with Gasteiger partial charge in [-0.15, -0.1) is 0 Å². The van der Waals surface area contributed by atoms with Gasteiger partial charge in [0, 0.05) is 24.7 Å². The van der Waals surface area contributed by atoms with E-state index in [2.05, 4.69) is 43.3 Å². The molecule has 10 heteroatoms. The van der Waals surface area contributed by atoms with Crippen LogP contribution >= 0.6 is 11.3 Å². The Kier molecular flexibility index (Phi) is 8.54. The lowest BCUT2D eigenvalue weighted by molar-refractivity contribution is 0.102. The van der Waals surface area contributed by atoms with Crippen LogP contribution in [0.15, 0.2) is 53.4 Å². The number of carbonyl (C=O) groups is 1. The molecule has 0 fully saturated rings. The number of nitrogens with zero attached hydrogens (tertiary/aromatic N) is 4. The molecule has 0 aliphatic heterocycles. The molecular weight excluding hydrogens is 542 g/mol. The van der Waals surface area contributed by atoms with Crippen LogP contribution in [0.25, 0.3) is 15.3 Å². The summed E-state index contributed by atoms with van der Waals surface area (Å²) in [5.74, 6) is 0.530. The molecule has 0 radical (unpaired) electrons. The molecule has 0 atom stereocenters. The maximum atomic E-state index is 13.3. The minimum atomic E-state index is -3.68. The van der Waals surface area contributed by atoms with E-state index >= 15 is 0 Å². The molecule has 1 N–H and O–H groups in total. The number of carbonyl (C=O) groups excluding carboxylic acids is 1. The van der Waals surface area contributed by atoms with Gasteiger partial charge in [0.2, 0.25) is 15.2 Å². The zero-order valence-corrected chi connectivity index (χ0v) is 26.2. The molecule has 0 bridgehead atoms. The Hall–Kier alpha value is -3.08. The predicted molar refractivity (Wildman–Crippen MR) is 163 cm³/mol. The second-order valence-electron chi connectivity index (χ2n) is 12.1. The summed E-state index contributed by atoms with van der Waals surface area (Å²) in [6, 6.07) is 14.2. The van der Waals surface area contributed by atoms with Crippen LogP contribution in [0, 0.1) is 18.8 Å². The van der Waals surface area contributed by atoms with Crippen molar-refractivity contribution in [3.8, 4) is 5.13 Å². The quantitative estimate of drug-likeness (QED) is 0.239. The van der Waals surface area contributed by atoms with Crippen molar-refractivity contribution in [3.63, 3.8) is 0 Å². The molecule has 0 aliphatic carbocycles. The lowest BCUT2D eigenvalue weighted by Gasteiger charge is -2.25. The summed E-state index contributed by atoms with van der Waals surface area (Å²) in [6.45, 7) is 17.3. The number of amides is 1. The summed E-state index contributed by atoms with van der Waals surface area (Å²) in [6.07, 6.45) is 0. The monoisotopic (exact) mass is 581 g/mol. The van der Waals surface area contributed by atoms with E-state index in [4.69, 9.17) is 4.98 Å². The number of aryl methyl sites for hydroxylation is 1. The van der Waals surface area contributed by atoms with E-state index in [9.17, 15) is 13.2 Å². The van der Waals surface area contributed by atoms with E-state index < -0.39 is 10.0 Å². The van der Waals surface area contributed by atoms with Crippen molar-refractivity contribution in [2.75, 3.05) is 18.4 Å². The van der Waals surface area contributed by atoms with E-state index in [1.165, 1.54) is 33.3 Å². The van der Waals surface area contributed by atoms with Gasteiger partial charge in [-0.05, 0) is 66.1 Å². The predicted octanol–water partition coefficient (Wildman–Crippen LogP) is 6.64. The molecule has 2 heterocycles. The van der Waals surface area contributed by atoms with Gasteiger partial charge in [0.15, 0.2) is 0 Å². The number of rotatable bonds is 9. The van der Waals surface area contributed by atoms with Crippen LogP contribution < -0.4 is 5.32 Å². The molecule has 214 valence electrons. The van der Waals surface area contributed by atoms with Crippen molar-refractivity contribution < 1.29 is 13.2 Å². The molecule has 0 spiro atoms. The van der Waals surface area contributed by atoms with Crippen LogP contribution in [0.1, 0.15) is 70.1 Å². The zero-order chi connectivity index (χ0) is 29.4.